The number of alkyl carbamates (subject to hydrolysis) is 1. The molecule has 1 fully saturated rings. The average Bonchev–Trinajstić information content (AvgIpc) is 2.80. The molecule has 2 rings (SSSR count). The summed E-state index contributed by atoms with van der Waals surface area (Å²) in [4.78, 5) is 25.2. The van der Waals surface area contributed by atoms with Crippen molar-refractivity contribution < 1.29 is 28.4 Å². The molecule has 9 heteroatoms. The van der Waals surface area contributed by atoms with Crippen LogP contribution in [0.15, 0.2) is 18.2 Å². The van der Waals surface area contributed by atoms with Gasteiger partial charge in [0, 0.05) is 12.1 Å². The third-order valence-corrected chi connectivity index (χ3v) is 5.50. The summed E-state index contributed by atoms with van der Waals surface area (Å²) in [5.41, 5.74) is 5.90. The molecule has 1 aromatic rings. The molecule has 0 saturated carbocycles. The molecule has 0 aromatic heterocycles. The van der Waals surface area contributed by atoms with E-state index in [0.29, 0.717) is 11.3 Å². The lowest BCUT2D eigenvalue weighted by atomic mass is 9.78. The maximum atomic E-state index is 12.8. The van der Waals surface area contributed by atoms with Crippen LogP contribution in [-0.4, -0.2) is 47.6 Å². The molecule has 184 valence electrons. The normalized spacial score (nSPS) is 18.5. The lowest BCUT2D eigenvalue weighted by Crippen LogP contribution is -2.47. The Morgan fingerprint density at radius 3 is 1.97 bits per heavy atom. The van der Waals surface area contributed by atoms with E-state index in [9.17, 15) is 9.59 Å². The fraction of sp³-hybridized carbons (Fsp3) is 0.667. The predicted molar refractivity (Wildman–Crippen MR) is 129 cm³/mol. The van der Waals surface area contributed by atoms with Crippen LogP contribution in [-0.2, 0) is 30.0 Å². The number of esters is 1. The van der Waals surface area contributed by atoms with Crippen molar-refractivity contribution in [3.63, 3.8) is 0 Å². The standard InChI is InChI=1S/C24H39BN2O6/c1-21(2,3)30-19(28)18(27-20(29)31-22(4,5)6)13-15-11-12-16(14-17(15)26)25-32-23(7,8)24(9,10)33-25/h11-12,14,18H,13,26H2,1-10H3,(H,27,29)/t18-/m0/s1. The van der Waals surface area contributed by atoms with E-state index in [1.54, 1.807) is 47.6 Å². The molecule has 1 atom stereocenters. The maximum absolute atomic E-state index is 12.8. The summed E-state index contributed by atoms with van der Waals surface area (Å²) in [6, 6.07) is 4.47. The Bertz CT molecular complexity index is 870. The summed E-state index contributed by atoms with van der Waals surface area (Å²) in [6.07, 6.45) is -0.560. The lowest BCUT2D eigenvalue weighted by Gasteiger charge is -2.32. The van der Waals surface area contributed by atoms with E-state index in [2.05, 4.69) is 5.32 Å². The van der Waals surface area contributed by atoms with Crippen molar-refractivity contribution in [1.82, 2.24) is 5.32 Å². The molecule has 0 bridgehead atoms. The van der Waals surface area contributed by atoms with Crippen LogP contribution in [0.2, 0.25) is 0 Å². The van der Waals surface area contributed by atoms with Crippen LogP contribution in [0, 0.1) is 0 Å². The van der Waals surface area contributed by atoms with Crippen LogP contribution in [0.1, 0.15) is 74.8 Å². The first-order valence-electron chi connectivity index (χ1n) is 11.3. The van der Waals surface area contributed by atoms with E-state index in [4.69, 9.17) is 24.5 Å². The van der Waals surface area contributed by atoms with Gasteiger partial charge in [-0.25, -0.2) is 9.59 Å². The number of nitrogens with one attached hydrogen (secondary N) is 1. The second-order valence-electron chi connectivity index (χ2n) is 11.5. The van der Waals surface area contributed by atoms with Gasteiger partial charge >= 0.3 is 19.2 Å². The summed E-state index contributed by atoms with van der Waals surface area (Å²) in [5, 5.41) is 2.62. The number of nitrogen functional groups attached to an aromatic ring is 1. The van der Waals surface area contributed by atoms with Crippen LogP contribution in [0.3, 0.4) is 0 Å². The minimum atomic E-state index is -0.968. The van der Waals surface area contributed by atoms with Crippen molar-refractivity contribution >= 4 is 30.3 Å². The van der Waals surface area contributed by atoms with Gasteiger partial charge in [-0.05, 0) is 86.3 Å². The summed E-state index contributed by atoms with van der Waals surface area (Å²) in [7, 11) is -0.548. The highest BCUT2D eigenvalue weighted by Gasteiger charge is 2.51. The number of ether oxygens (including phenoxy) is 2. The first-order chi connectivity index (χ1) is 14.8. The van der Waals surface area contributed by atoms with Crippen LogP contribution >= 0.6 is 0 Å². The third-order valence-electron chi connectivity index (χ3n) is 5.50. The number of amides is 1. The van der Waals surface area contributed by atoms with Gasteiger partial charge in [-0.1, -0.05) is 12.1 Å². The van der Waals surface area contributed by atoms with Gasteiger partial charge in [-0.3, -0.25) is 0 Å². The summed E-state index contributed by atoms with van der Waals surface area (Å²) < 4.78 is 23.0. The van der Waals surface area contributed by atoms with Crippen molar-refractivity contribution in [3.8, 4) is 0 Å². The van der Waals surface area contributed by atoms with Gasteiger partial charge < -0.3 is 29.8 Å². The molecule has 1 aliphatic heterocycles. The smallest absolute Gasteiger partial charge is 0.458 e. The minimum absolute atomic E-state index is 0.142. The molecular weight excluding hydrogens is 423 g/mol. The van der Waals surface area contributed by atoms with Crippen molar-refractivity contribution in [2.75, 3.05) is 5.73 Å². The number of hydrogen-bond acceptors (Lipinski definition) is 7. The van der Waals surface area contributed by atoms with Crippen molar-refractivity contribution in [2.24, 2.45) is 0 Å². The second-order valence-corrected chi connectivity index (χ2v) is 11.5. The maximum Gasteiger partial charge on any atom is 0.494 e. The third kappa shape index (κ3) is 7.37. The molecule has 0 radical (unpaired) electrons. The van der Waals surface area contributed by atoms with Crippen LogP contribution in [0.25, 0.3) is 0 Å². The van der Waals surface area contributed by atoms with Gasteiger partial charge in [0.25, 0.3) is 0 Å². The number of anilines is 1. The highest BCUT2D eigenvalue weighted by molar-refractivity contribution is 6.62. The van der Waals surface area contributed by atoms with E-state index >= 15 is 0 Å². The Hall–Kier alpha value is -2.26. The summed E-state index contributed by atoms with van der Waals surface area (Å²) >= 11 is 0. The van der Waals surface area contributed by atoms with Gasteiger partial charge in [0.15, 0.2) is 0 Å². The fourth-order valence-electron chi connectivity index (χ4n) is 3.16. The Labute approximate surface area is 198 Å². The largest absolute Gasteiger partial charge is 0.494 e. The van der Waals surface area contributed by atoms with Crippen molar-refractivity contribution in [3.05, 3.63) is 23.8 Å². The molecule has 1 aliphatic rings. The molecule has 8 nitrogen and oxygen atoms in total. The zero-order valence-corrected chi connectivity index (χ0v) is 21.6. The number of carbonyl (C=O) groups excluding carboxylic acids is 2. The Morgan fingerprint density at radius 2 is 1.52 bits per heavy atom. The quantitative estimate of drug-likeness (QED) is 0.392. The zero-order valence-electron chi connectivity index (χ0n) is 21.6. The second kappa shape index (κ2) is 9.18. The summed E-state index contributed by atoms with van der Waals surface area (Å²) in [6.45, 7) is 18.5. The molecular formula is C24H39BN2O6. The van der Waals surface area contributed by atoms with Crippen molar-refractivity contribution in [2.45, 2.75) is 104 Å². The van der Waals surface area contributed by atoms with Gasteiger partial charge in [0.05, 0.1) is 11.2 Å². The fourth-order valence-corrected chi connectivity index (χ4v) is 3.16. The van der Waals surface area contributed by atoms with Gasteiger partial charge in [0.2, 0.25) is 0 Å². The van der Waals surface area contributed by atoms with Crippen LogP contribution in [0.5, 0.6) is 0 Å². The lowest BCUT2D eigenvalue weighted by molar-refractivity contribution is -0.157. The highest BCUT2D eigenvalue weighted by Crippen LogP contribution is 2.36. The van der Waals surface area contributed by atoms with E-state index in [1.165, 1.54) is 0 Å². The van der Waals surface area contributed by atoms with E-state index in [0.717, 1.165) is 5.46 Å². The SMILES string of the molecule is CC(C)(C)OC(=O)N[C@@H](Cc1ccc(B2OC(C)(C)C(C)(C)O2)cc1N)C(=O)OC(C)(C)C. The minimum Gasteiger partial charge on any atom is -0.458 e. The van der Waals surface area contributed by atoms with E-state index in [-0.39, 0.29) is 6.42 Å². The van der Waals surface area contributed by atoms with E-state index < -0.39 is 47.6 Å². The van der Waals surface area contributed by atoms with Crippen molar-refractivity contribution in [1.29, 1.82) is 0 Å². The molecule has 0 unspecified atom stereocenters. The molecule has 33 heavy (non-hydrogen) atoms. The number of rotatable bonds is 5. The summed E-state index contributed by atoms with van der Waals surface area (Å²) in [5.74, 6) is -0.567. The molecule has 1 heterocycles. The zero-order chi connectivity index (χ0) is 25.4. The number of hydrogen-bond donors (Lipinski definition) is 2. The average molecular weight is 462 g/mol. The predicted octanol–water partition coefficient (Wildman–Crippen LogP) is 3.35. The topological polar surface area (TPSA) is 109 Å². The monoisotopic (exact) mass is 462 g/mol. The molecule has 1 aromatic carbocycles. The molecule has 3 N–H and O–H groups in total. The Kier molecular flexibility index (Phi) is 7.51. The van der Waals surface area contributed by atoms with Crippen LogP contribution in [0.4, 0.5) is 10.5 Å². The molecule has 0 spiro atoms. The van der Waals surface area contributed by atoms with Gasteiger partial charge in [-0.2, -0.15) is 0 Å². The first-order valence-corrected chi connectivity index (χ1v) is 11.3. The van der Waals surface area contributed by atoms with Crippen LogP contribution < -0.4 is 16.5 Å². The molecule has 0 aliphatic carbocycles. The Morgan fingerprint density at radius 1 is 1.00 bits per heavy atom. The number of nitrogens with two attached hydrogens (primary N) is 1. The van der Waals surface area contributed by atoms with E-state index in [1.807, 2.05) is 39.8 Å². The molecule has 1 amide bonds. The first kappa shape index (κ1) is 27.0. The number of benzene rings is 1. The Balaban J connectivity index is 2.23. The highest BCUT2D eigenvalue weighted by atomic mass is 16.7. The number of carbonyl (C=O) groups is 2. The van der Waals surface area contributed by atoms with Gasteiger partial charge in [0.1, 0.15) is 17.2 Å². The molecule has 1 saturated heterocycles. The van der Waals surface area contributed by atoms with Gasteiger partial charge in [-0.15, -0.1) is 0 Å².